The average Bonchev–Trinajstić information content (AvgIpc) is 4.05. The molecule has 7 aromatic rings. The number of carbonyl (C=O) groups is 2. The average molecular weight is 1080 g/mol. The van der Waals surface area contributed by atoms with E-state index in [0.717, 1.165) is 46.2 Å². The number of carbonyl (C=O) groups excluding carboxylic acids is 2. The molecule has 6 aromatic carbocycles. The van der Waals surface area contributed by atoms with Gasteiger partial charge in [-0.1, -0.05) is 103 Å². The van der Waals surface area contributed by atoms with Crippen molar-refractivity contribution in [3.63, 3.8) is 0 Å². The van der Waals surface area contributed by atoms with Crippen molar-refractivity contribution in [3.8, 4) is 39.8 Å². The summed E-state index contributed by atoms with van der Waals surface area (Å²) in [6.07, 6.45) is 2.53. The molecule has 0 unspecified atom stereocenters. The van der Waals surface area contributed by atoms with E-state index in [-0.39, 0.29) is 61.0 Å². The maximum absolute atomic E-state index is 16.4. The number of piperidine rings is 2. The molecule has 0 bridgehead atoms. The largest absolute Gasteiger partial charge is 0.497 e. The van der Waals surface area contributed by atoms with Gasteiger partial charge in [0.05, 0.1) is 38.3 Å². The van der Waals surface area contributed by atoms with Crippen molar-refractivity contribution in [3.05, 3.63) is 173 Å². The van der Waals surface area contributed by atoms with Crippen molar-refractivity contribution in [1.82, 2.24) is 34.3 Å². The highest BCUT2D eigenvalue weighted by Gasteiger charge is 2.36. The number of benzene rings is 6. The van der Waals surface area contributed by atoms with Gasteiger partial charge in [-0.05, 0) is 151 Å². The second kappa shape index (κ2) is 24.7. The number of amides is 2. The molecule has 1 aromatic heterocycles. The molecule has 2 amide bonds. The minimum Gasteiger partial charge on any atom is -0.497 e. The number of hydrogen-bond acceptors (Lipinski definition) is 12. The van der Waals surface area contributed by atoms with Crippen molar-refractivity contribution in [1.29, 1.82) is 0 Å². The van der Waals surface area contributed by atoms with Gasteiger partial charge in [0, 0.05) is 39.3 Å². The van der Waals surface area contributed by atoms with E-state index in [1.807, 2.05) is 148 Å². The van der Waals surface area contributed by atoms with Gasteiger partial charge in [0.1, 0.15) is 29.5 Å². The lowest BCUT2D eigenvalue weighted by molar-refractivity contribution is 0.0204. The Morgan fingerprint density at radius 2 is 1.17 bits per heavy atom. The molecule has 2 saturated heterocycles. The molecule has 3 heterocycles. The van der Waals surface area contributed by atoms with Crippen molar-refractivity contribution >= 4 is 22.2 Å². The zero-order valence-electron chi connectivity index (χ0n) is 45.3. The molecule has 408 valence electrons. The molecule has 17 heteroatoms. The molecule has 0 radical (unpaired) electrons. The van der Waals surface area contributed by atoms with Crippen LogP contribution in [0.1, 0.15) is 85.8 Å². The van der Waals surface area contributed by atoms with E-state index in [9.17, 15) is 9.59 Å². The summed E-state index contributed by atoms with van der Waals surface area (Å²) in [4.78, 5) is 31.4. The summed E-state index contributed by atoms with van der Waals surface area (Å²) in [6.45, 7) is 8.19. The third-order valence-corrected chi connectivity index (χ3v) is 16.4. The summed E-state index contributed by atoms with van der Waals surface area (Å²) in [5.41, 5.74) is 6.20. The molecule has 2 aliphatic heterocycles. The second-order valence-corrected chi connectivity index (χ2v) is 22.9. The topological polar surface area (TPSA) is 168 Å². The third-order valence-electron chi connectivity index (χ3n) is 14.5. The van der Waals surface area contributed by atoms with Gasteiger partial charge in [-0.3, -0.25) is 0 Å². The predicted octanol–water partition coefficient (Wildman–Crippen LogP) is 11.2. The van der Waals surface area contributed by atoms with Crippen LogP contribution in [0, 0.1) is 5.92 Å². The first-order valence-corrected chi connectivity index (χ1v) is 28.0. The van der Waals surface area contributed by atoms with E-state index >= 15 is 8.42 Å². The fourth-order valence-electron chi connectivity index (χ4n) is 10.2. The molecule has 0 atom stereocenters. The van der Waals surface area contributed by atoms with Gasteiger partial charge < -0.3 is 33.5 Å². The van der Waals surface area contributed by atoms with Crippen LogP contribution < -0.4 is 14.2 Å². The Balaban J connectivity index is 1.12. The normalized spacial score (nSPS) is 14.6. The van der Waals surface area contributed by atoms with E-state index in [2.05, 4.69) is 17.3 Å². The Bertz CT molecular complexity index is 3170. The second-order valence-electron chi connectivity index (χ2n) is 21.0. The lowest BCUT2D eigenvalue weighted by atomic mass is 9.86. The number of nitrogens with zero attached hydrogens (tertiary/aromatic N) is 7. The first-order chi connectivity index (χ1) is 37.7. The van der Waals surface area contributed by atoms with Crippen LogP contribution in [0.15, 0.2) is 144 Å². The molecular weight excluding hydrogens is 1010 g/mol. The highest BCUT2D eigenvalue weighted by atomic mass is 32.2. The van der Waals surface area contributed by atoms with Crippen LogP contribution in [0.25, 0.3) is 22.5 Å². The number of tetrazole rings is 1. The van der Waals surface area contributed by atoms with Crippen LogP contribution in [-0.2, 0) is 52.2 Å². The number of likely N-dealkylation sites (tertiary alicyclic amines) is 2. The third kappa shape index (κ3) is 13.7. The van der Waals surface area contributed by atoms with Gasteiger partial charge in [0.25, 0.3) is 0 Å². The van der Waals surface area contributed by atoms with Gasteiger partial charge in [-0.2, -0.15) is 9.10 Å². The van der Waals surface area contributed by atoms with Crippen LogP contribution in [0.2, 0.25) is 0 Å². The van der Waals surface area contributed by atoms with Crippen molar-refractivity contribution in [2.24, 2.45) is 5.92 Å². The van der Waals surface area contributed by atoms with E-state index < -0.39 is 15.6 Å². The van der Waals surface area contributed by atoms with Gasteiger partial charge >= 0.3 is 12.2 Å². The smallest absolute Gasteiger partial charge is 0.410 e. The van der Waals surface area contributed by atoms with Gasteiger partial charge in [0.15, 0.2) is 0 Å². The molecule has 78 heavy (non-hydrogen) atoms. The highest BCUT2D eigenvalue weighted by molar-refractivity contribution is 7.89. The summed E-state index contributed by atoms with van der Waals surface area (Å²) in [6, 6.07) is 44.2. The number of methoxy groups -OCH3 is 3. The monoisotopic (exact) mass is 1080 g/mol. The fraction of sp³-hybridized carbons (Fsp3) is 0.361. The maximum atomic E-state index is 16.4. The molecule has 2 fully saturated rings. The van der Waals surface area contributed by atoms with Crippen molar-refractivity contribution in [2.75, 3.05) is 47.5 Å². The Morgan fingerprint density at radius 3 is 1.72 bits per heavy atom. The molecule has 0 spiro atoms. The number of ether oxygens (including phenoxy) is 5. The molecule has 0 aliphatic carbocycles. The van der Waals surface area contributed by atoms with E-state index in [0.29, 0.717) is 79.4 Å². The van der Waals surface area contributed by atoms with Crippen molar-refractivity contribution in [2.45, 2.75) is 95.5 Å². The first kappa shape index (κ1) is 55.0. The molecule has 2 aliphatic rings. The van der Waals surface area contributed by atoms with Gasteiger partial charge in [-0.25, -0.2) is 18.0 Å². The SMILES string of the molecule is COc1ccc(CN(Cc2ccc(OC)cc2)S(=O)(=O)c2c(CC3CCN(C(=O)OCc4ccccc4)CC3)ccc(-c3ccc(C4CCN(C(=O)OC(C)(C)C)CC4)cc3)c2-c2nnn(Cc3ccc(OC)cc3)n2)cc1. The van der Waals surface area contributed by atoms with E-state index in [1.165, 1.54) is 9.10 Å². The summed E-state index contributed by atoms with van der Waals surface area (Å²) < 4.78 is 62.1. The quantitative estimate of drug-likeness (QED) is 0.0799. The minimum absolute atomic E-state index is 0.0205. The molecule has 0 N–H and O–H groups in total. The number of sulfonamides is 1. The lowest BCUT2D eigenvalue weighted by Gasteiger charge is -2.33. The lowest BCUT2D eigenvalue weighted by Crippen LogP contribution is -2.41. The Hall–Kier alpha value is -7.76. The Kier molecular flexibility index (Phi) is 17.4. The zero-order chi connectivity index (χ0) is 54.8. The first-order valence-electron chi connectivity index (χ1n) is 26.5. The van der Waals surface area contributed by atoms with E-state index in [1.54, 1.807) is 31.1 Å². The number of hydrogen-bond donors (Lipinski definition) is 0. The summed E-state index contributed by atoms with van der Waals surface area (Å²) in [5, 5.41) is 14.2. The minimum atomic E-state index is -4.47. The molecule has 16 nitrogen and oxygen atoms in total. The van der Waals surface area contributed by atoms with Crippen LogP contribution in [-0.4, -0.2) is 108 Å². The Labute approximate surface area is 457 Å². The maximum Gasteiger partial charge on any atom is 0.410 e. The van der Waals surface area contributed by atoms with Crippen LogP contribution in [0.5, 0.6) is 17.2 Å². The predicted molar refractivity (Wildman–Crippen MR) is 298 cm³/mol. The molecule has 0 saturated carbocycles. The van der Waals surface area contributed by atoms with Crippen LogP contribution >= 0.6 is 0 Å². The standard InChI is InChI=1S/C61H69N7O9S/c1-61(2,3)77-60(70)66-36-32-49(33-37-66)48-18-20-50(21-19-48)55-29-22-51(38-43-30-34-65(35-31-43)59(69)76-42-47-10-8-7-9-11-47)57(56(55)58-62-64-68(63-58)41-46-16-27-54(75-6)28-17-46)78(71,72)67(39-44-12-23-52(73-4)24-13-44)40-45-14-25-53(74-5)26-15-45/h7-29,43,49H,30-42H2,1-6H3. The van der Waals surface area contributed by atoms with Crippen LogP contribution in [0.3, 0.4) is 0 Å². The van der Waals surface area contributed by atoms with Gasteiger partial charge in [-0.15, -0.1) is 10.2 Å². The number of rotatable bonds is 18. The highest BCUT2D eigenvalue weighted by Crippen LogP contribution is 2.42. The zero-order valence-corrected chi connectivity index (χ0v) is 46.2. The van der Waals surface area contributed by atoms with E-state index in [4.69, 9.17) is 33.9 Å². The van der Waals surface area contributed by atoms with Crippen LogP contribution in [0.4, 0.5) is 9.59 Å². The summed E-state index contributed by atoms with van der Waals surface area (Å²) in [5.74, 6) is 2.39. The summed E-state index contributed by atoms with van der Waals surface area (Å²) >= 11 is 0. The molecular formula is C61H69N7O9S. The summed E-state index contributed by atoms with van der Waals surface area (Å²) in [7, 11) is 0.338. The van der Waals surface area contributed by atoms with Gasteiger partial charge in [0.2, 0.25) is 15.8 Å². The Morgan fingerprint density at radius 1 is 0.628 bits per heavy atom. The fourth-order valence-corrected chi connectivity index (χ4v) is 12.0. The van der Waals surface area contributed by atoms with Crippen molar-refractivity contribution < 1.29 is 41.7 Å². The number of aromatic nitrogens is 4. The molecule has 9 rings (SSSR count).